The fraction of sp³-hybridized carbons (Fsp3) is 0.464. The Morgan fingerprint density at radius 1 is 1.06 bits per heavy atom. The molecular formula is C28H34N2O5. The number of aryl methyl sites for hydroxylation is 2. The molecule has 2 aliphatic heterocycles. The lowest BCUT2D eigenvalue weighted by Gasteiger charge is -2.31. The number of hydrogen-bond acceptors (Lipinski definition) is 5. The number of Topliss-reactive ketones (excluding diaryl/α,β-unsaturated/α-hetero) is 1. The van der Waals surface area contributed by atoms with Gasteiger partial charge in [-0.1, -0.05) is 13.0 Å². The van der Waals surface area contributed by atoms with Crippen molar-refractivity contribution in [3.8, 4) is 11.5 Å². The average Bonchev–Trinajstić information content (AvgIpc) is 2.86. The molecule has 0 spiro atoms. The summed E-state index contributed by atoms with van der Waals surface area (Å²) in [4.78, 5) is 41.6. The van der Waals surface area contributed by atoms with Crippen molar-refractivity contribution < 1.29 is 23.9 Å². The number of amides is 2. The predicted molar refractivity (Wildman–Crippen MR) is 134 cm³/mol. The molecule has 0 radical (unpaired) electrons. The Labute approximate surface area is 207 Å². The number of piperidine rings is 1. The van der Waals surface area contributed by atoms with Gasteiger partial charge in [0.25, 0.3) is 5.91 Å². The van der Waals surface area contributed by atoms with E-state index in [4.69, 9.17) is 9.47 Å². The summed E-state index contributed by atoms with van der Waals surface area (Å²) < 4.78 is 11.3. The van der Waals surface area contributed by atoms with Crippen molar-refractivity contribution in [3.63, 3.8) is 0 Å². The number of benzene rings is 2. The van der Waals surface area contributed by atoms with E-state index < -0.39 is 0 Å². The molecule has 4 rings (SSSR count). The molecule has 1 saturated heterocycles. The maximum Gasteiger partial charge on any atom is 0.265 e. The Morgan fingerprint density at radius 3 is 2.57 bits per heavy atom. The van der Waals surface area contributed by atoms with Gasteiger partial charge in [-0.05, 0) is 80.5 Å². The smallest absolute Gasteiger partial charge is 0.265 e. The van der Waals surface area contributed by atoms with Crippen LogP contribution in [0.3, 0.4) is 0 Å². The molecule has 0 bridgehead atoms. The van der Waals surface area contributed by atoms with Crippen molar-refractivity contribution in [1.29, 1.82) is 0 Å². The molecule has 2 aliphatic rings. The number of fused-ring (bicyclic) bond motifs is 1. The van der Waals surface area contributed by atoms with E-state index in [2.05, 4.69) is 6.92 Å². The van der Waals surface area contributed by atoms with Crippen molar-refractivity contribution in [3.05, 3.63) is 53.1 Å². The topological polar surface area (TPSA) is 76.2 Å². The van der Waals surface area contributed by atoms with Gasteiger partial charge < -0.3 is 19.3 Å². The normalized spacial score (nSPS) is 16.0. The van der Waals surface area contributed by atoms with E-state index >= 15 is 0 Å². The summed E-state index contributed by atoms with van der Waals surface area (Å²) in [5.74, 6) is 1.67. The highest BCUT2D eigenvalue weighted by molar-refractivity contribution is 6.02. The van der Waals surface area contributed by atoms with Crippen molar-refractivity contribution in [2.24, 2.45) is 5.92 Å². The highest BCUT2D eigenvalue weighted by atomic mass is 16.5. The van der Waals surface area contributed by atoms with Crippen LogP contribution in [0.5, 0.6) is 11.5 Å². The zero-order chi connectivity index (χ0) is 24.9. The van der Waals surface area contributed by atoms with Crippen molar-refractivity contribution in [2.75, 3.05) is 37.7 Å². The van der Waals surface area contributed by atoms with Crippen LogP contribution in [0.1, 0.15) is 54.1 Å². The first-order valence-electron chi connectivity index (χ1n) is 12.4. The molecule has 0 aliphatic carbocycles. The molecule has 1 fully saturated rings. The molecule has 0 atom stereocenters. The third-order valence-corrected chi connectivity index (χ3v) is 6.98. The van der Waals surface area contributed by atoms with Crippen LogP contribution in [0.15, 0.2) is 36.4 Å². The minimum absolute atomic E-state index is 0.0475. The summed E-state index contributed by atoms with van der Waals surface area (Å²) in [7, 11) is 0. The van der Waals surface area contributed by atoms with Crippen LogP contribution in [0.4, 0.5) is 5.69 Å². The standard InChI is InChI=1S/C28H34N2O5/c1-19-10-13-29(14-11-19)27(32)5-4-12-30-24-16-22(7-9-26(24)35-18-28(30)33)25(31)17-34-23-8-6-20(2)21(3)15-23/h6-9,15-16,19H,4-5,10-14,17-18H2,1-3H3. The van der Waals surface area contributed by atoms with Crippen LogP contribution in [0.2, 0.25) is 0 Å². The van der Waals surface area contributed by atoms with Crippen LogP contribution in [-0.2, 0) is 9.59 Å². The summed E-state index contributed by atoms with van der Waals surface area (Å²) in [5.41, 5.74) is 3.28. The SMILES string of the molecule is Cc1ccc(OCC(=O)c2ccc3c(c2)N(CCCC(=O)N2CCC(C)CC2)C(=O)CO3)cc1C. The zero-order valence-corrected chi connectivity index (χ0v) is 20.8. The number of carbonyl (C=O) groups is 3. The van der Waals surface area contributed by atoms with Gasteiger partial charge in [-0.25, -0.2) is 0 Å². The zero-order valence-electron chi connectivity index (χ0n) is 20.8. The van der Waals surface area contributed by atoms with Crippen LogP contribution in [0, 0.1) is 19.8 Å². The molecule has 7 nitrogen and oxygen atoms in total. The van der Waals surface area contributed by atoms with Crippen LogP contribution in [-0.4, -0.2) is 55.3 Å². The van der Waals surface area contributed by atoms with Gasteiger partial charge in [0, 0.05) is 31.6 Å². The third-order valence-electron chi connectivity index (χ3n) is 6.98. The highest BCUT2D eigenvalue weighted by Gasteiger charge is 2.27. The second-order valence-electron chi connectivity index (χ2n) is 9.64. The molecule has 0 aromatic heterocycles. The number of likely N-dealkylation sites (tertiary alicyclic amines) is 1. The first-order valence-corrected chi connectivity index (χ1v) is 12.4. The van der Waals surface area contributed by atoms with Gasteiger partial charge in [-0.3, -0.25) is 14.4 Å². The summed E-state index contributed by atoms with van der Waals surface area (Å²) in [6.45, 7) is 8.13. The first-order chi connectivity index (χ1) is 16.8. The van der Waals surface area contributed by atoms with Gasteiger partial charge in [-0.15, -0.1) is 0 Å². The highest BCUT2D eigenvalue weighted by Crippen LogP contribution is 2.33. The fourth-order valence-corrected chi connectivity index (χ4v) is 4.46. The second kappa shape index (κ2) is 10.9. The monoisotopic (exact) mass is 478 g/mol. The molecule has 2 aromatic rings. The molecule has 35 heavy (non-hydrogen) atoms. The summed E-state index contributed by atoms with van der Waals surface area (Å²) in [6.07, 6.45) is 3.05. The van der Waals surface area contributed by atoms with Gasteiger partial charge >= 0.3 is 0 Å². The summed E-state index contributed by atoms with van der Waals surface area (Å²) in [6, 6.07) is 10.8. The number of hydrogen-bond donors (Lipinski definition) is 0. The average molecular weight is 479 g/mol. The summed E-state index contributed by atoms with van der Waals surface area (Å²) >= 11 is 0. The quantitative estimate of drug-likeness (QED) is 0.528. The lowest BCUT2D eigenvalue weighted by atomic mass is 9.99. The Hall–Kier alpha value is -3.35. The lowest BCUT2D eigenvalue weighted by molar-refractivity contribution is -0.132. The Kier molecular flexibility index (Phi) is 7.73. The Morgan fingerprint density at radius 2 is 1.83 bits per heavy atom. The maximum atomic E-state index is 12.8. The van der Waals surface area contributed by atoms with Crippen LogP contribution >= 0.6 is 0 Å². The molecular weight excluding hydrogens is 444 g/mol. The lowest BCUT2D eigenvalue weighted by Crippen LogP contribution is -2.41. The van der Waals surface area contributed by atoms with Gasteiger partial charge in [0.15, 0.2) is 19.0 Å². The van der Waals surface area contributed by atoms with E-state index in [1.807, 2.05) is 36.9 Å². The minimum atomic E-state index is -0.182. The van der Waals surface area contributed by atoms with E-state index in [9.17, 15) is 14.4 Å². The molecule has 0 N–H and O–H groups in total. The molecule has 7 heteroatoms. The molecule has 2 aromatic carbocycles. The molecule has 2 heterocycles. The molecule has 0 saturated carbocycles. The number of ketones is 1. The molecule has 2 amide bonds. The predicted octanol–water partition coefficient (Wildman–Crippen LogP) is 4.33. The third kappa shape index (κ3) is 6.02. The molecule has 186 valence electrons. The molecule has 0 unspecified atom stereocenters. The number of ether oxygens (including phenoxy) is 2. The number of nitrogens with zero attached hydrogens (tertiary/aromatic N) is 2. The summed E-state index contributed by atoms with van der Waals surface area (Å²) in [5, 5.41) is 0. The van der Waals surface area contributed by atoms with Gasteiger partial charge in [0.05, 0.1) is 5.69 Å². The Bertz CT molecular complexity index is 1100. The first kappa shape index (κ1) is 24.8. The number of anilines is 1. The van der Waals surface area contributed by atoms with Gasteiger partial charge in [0.1, 0.15) is 11.5 Å². The van der Waals surface area contributed by atoms with Crippen molar-refractivity contribution >= 4 is 23.3 Å². The van der Waals surface area contributed by atoms with E-state index in [1.165, 1.54) is 0 Å². The second-order valence-corrected chi connectivity index (χ2v) is 9.64. The van der Waals surface area contributed by atoms with Crippen LogP contribution in [0.25, 0.3) is 0 Å². The van der Waals surface area contributed by atoms with Crippen molar-refractivity contribution in [2.45, 2.75) is 46.5 Å². The number of rotatable bonds is 8. The fourth-order valence-electron chi connectivity index (χ4n) is 4.46. The van der Waals surface area contributed by atoms with Crippen LogP contribution < -0.4 is 14.4 Å². The number of carbonyl (C=O) groups excluding carboxylic acids is 3. The van der Waals surface area contributed by atoms with E-state index in [-0.39, 0.29) is 30.8 Å². The van der Waals surface area contributed by atoms with E-state index in [1.54, 1.807) is 23.1 Å². The minimum Gasteiger partial charge on any atom is -0.485 e. The van der Waals surface area contributed by atoms with Crippen molar-refractivity contribution in [1.82, 2.24) is 4.90 Å². The van der Waals surface area contributed by atoms with E-state index in [0.29, 0.717) is 48.1 Å². The van der Waals surface area contributed by atoms with Gasteiger partial charge in [-0.2, -0.15) is 0 Å². The maximum absolute atomic E-state index is 12.8. The Balaban J connectivity index is 1.37. The largest absolute Gasteiger partial charge is 0.485 e. The van der Waals surface area contributed by atoms with E-state index in [0.717, 1.165) is 37.1 Å². The van der Waals surface area contributed by atoms with Gasteiger partial charge in [0.2, 0.25) is 5.91 Å².